The summed E-state index contributed by atoms with van der Waals surface area (Å²) >= 11 is 0. The molecule has 2 heterocycles. The number of nitrogens with zero attached hydrogens (tertiary/aromatic N) is 2. The summed E-state index contributed by atoms with van der Waals surface area (Å²) < 4.78 is 7.27. The molecule has 0 aliphatic heterocycles. The van der Waals surface area contributed by atoms with Crippen LogP contribution in [0.15, 0.2) is 28.9 Å². The first kappa shape index (κ1) is 17.1. The normalized spacial score (nSPS) is 13.6. The third kappa shape index (κ3) is 5.47. The highest BCUT2D eigenvalue weighted by atomic mass is 16.3. The van der Waals surface area contributed by atoms with E-state index in [0.717, 1.165) is 23.7 Å². The lowest BCUT2D eigenvalue weighted by Crippen LogP contribution is -2.43. The highest BCUT2D eigenvalue weighted by Crippen LogP contribution is 2.06. The van der Waals surface area contributed by atoms with Crippen LogP contribution in [0, 0.1) is 19.8 Å². The van der Waals surface area contributed by atoms with Crippen LogP contribution in [0.2, 0.25) is 0 Å². The molecule has 0 saturated heterocycles. The Morgan fingerprint density at radius 1 is 1.39 bits per heavy atom. The van der Waals surface area contributed by atoms with Crippen molar-refractivity contribution < 1.29 is 9.21 Å². The van der Waals surface area contributed by atoms with Crippen molar-refractivity contribution in [3.05, 3.63) is 41.6 Å². The number of carbonyl (C=O) groups excluding carboxylic acids is 1. The molecule has 0 aliphatic carbocycles. The lowest BCUT2D eigenvalue weighted by molar-refractivity contribution is 0.234. The summed E-state index contributed by atoms with van der Waals surface area (Å²) in [5.74, 6) is 1.18. The van der Waals surface area contributed by atoms with Crippen LogP contribution in [0.4, 0.5) is 4.79 Å². The van der Waals surface area contributed by atoms with E-state index < -0.39 is 0 Å². The molecule has 0 spiro atoms. The standard InChI is InChI=1S/C17H26N4O2/c1-12(11-21-15(4)8-14(3)20-21)10-18-17(22)19-13(2)9-16-6-5-7-23-16/h5-8,12-13H,9-11H2,1-4H3,(H2,18,19,22)/t12-,13-/m0/s1. The van der Waals surface area contributed by atoms with Crippen LogP contribution in [-0.2, 0) is 13.0 Å². The highest BCUT2D eigenvalue weighted by molar-refractivity contribution is 5.74. The molecule has 0 saturated carbocycles. The van der Waals surface area contributed by atoms with E-state index in [-0.39, 0.29) is 12.1 Å². The molecule has 2 N–H and O–H groups in total. The Balaban J connectivity index is 1.70. The first-order valence-electron chi connectivity index (χ1n) is 8.02. The van der Waals surface area contributed by atoms with Crippen molar-refractivity contribution in [3.8, 4) is 0 Å². The SMILES string of the molecule is Cc1cc(C)n(C[C@@H](C)CNC(=O)N[C@@H](C)Cc2ccco2)n1. The van der Waals surface area contributed by atoms with Gasteiger partial charge < -0.3 is 15.1 Å². The summed E-state index contributed by atoms with van der Waals surface area (Å²) in [6, 6.07) is 5.69. The summed E-state index contributed by atoms with van der Waals surface area (Å²) in [7, 11) is 0. The summed E-state index contributed by atoms with van der Waals surface area (Å²) in [6.07, 6.45) is 2.32. The Morgan fingerprint density at radius 3 is 2.78 bits per heavy atom. The maximum Gasteiger partial charge on any atom is 0.315 e. The third-order valence-corrected chi connectivity index (χ3v) is 3.66. The predicted octanol–water partition coefficient (Wildman–Crippen LogP) is 2.66. The smallest absolute Gasteiger partial charge is 0.315 e. The summed E-state index contributed by atoms with van der Waals surface area (Å²) in [5, 5.41) is 10.3. The van der Waals surface area contributed by atoms with Gasteiger partial charge in [0.2, 0.25) is 0 Å². The molecule has 2 atom stereocenters. The number of aryl methyl sites for hydroxylation is 2. The van der Waals surface area contributed by atoms with E-state index in [1.165, 1.54) is 0 Å². The fourth-order valence-corrected chi connectivity index (χ4v) is 2.54. The monoisotopic (exact) mass is 318 g/mol. The minimum Gasteiger partial charge on any atom is -0.469 e. The van der Waals surface area contributed by atoms with Crippen molar-refractivity contribution in [3.63, 3.8) is 0 Å². The number of carbonyl (C=O) groups is 1. The zero-order chi connectivity index (χ0) is 16.8. The van der Waals surface area contributed by atoms with Crippen molar-refractivity contribution in [1.29, 1.82) is 0 Å². The molecule has 126 valence electrons. The largest absolute Gasteiger partial charge is 0.469 e. The second-order valence-electron chi connectivity index (χ2n) is 6.25. The number of hydrogen-bond acceptors (Lipinski definition) is 3. The van der Waals surface area contributed by atoms with Crippen LogP contribution in [-0.4, -0.2) is 28.4 Å². The number of furan rings is 1. The molecule has 0 aromatic carbocycles. The first-order chi connectivity index (χ1) is 10.9. The van der Waals surface area contributed by atoms with Crippen LogP contribution in [0.3, 0.4) is 0 Å². The minimum atomic E-state index is -0.149. The second kappa shape index (κ2) is 7.85. The lowest BCUT2D eigenvalue weighted by Gasteiger charge is -2.17. The van der Waals surface area contributed by atoms with Crippen LogP contribution in [0.1, 0.15) is 31.0 Å². The Morgan fingerprint density at radius 2 is 2.17 bits per heavy atom. The van der Waals surface area contributed by atoms with Gasteiger partial charge in [0, 0.05) is 31.2 Å². The van der Waals surface area contributed by atoms with E-state index in [2.05, 4.69) is 28.7 Å². The Hall–Kier alpha value is -2.24. The third-order valence-electron chi connectivity index (χ3n) is 3.66. The number of nitrogens with one attached hydrogen (secondary N) is 2. The first-order valence-corrected chi connectivity index (χ1v) is 8.02. The van der Waals surface area contributed by atoms with Crippen molar-refractivity contribution in [2.24, 2.45) is 5.92 Å². The Bertz CT molecular complexity index is 619. The molecule has 6 nitrogen and oxygen atoms in total. The Labute approximate surface area is 137 Å². The number of rotatable bonds is 7. The van der Waals surface area contributed by atoms with E-state index in [1.54, 1.807) is 6.26 Å². The molecule has 23 heavy (non-hydrogen) atoms. The van der Waals surface area contributed by atoms with Crippen LogP contribution in [0.5, 0.6) is 0 Å². The van der Waals surface area contributed by atoms with Crippen molar-refractivity contribution >= 4 is 6.03 Å². The van der Waals surface area contributed by atoms with E-state index in [0.29, 0.717) is 18.9 Å². The average Bonchev–Trinajstić information content (AvgIpc) is 3.07. The molecular formula is C17H26N4O2. The minimum absolute atomic E-state index is 0.0208. The van der Waals surface area contributed by atoms with Crippen LogP contribution >= 0.6 is 0 Å². The van der Waals surface area contributed by atoms with Gasteiger partial charge in [-0.15, -0.1) is 0 Å². The summed E-state index contributed by atoms with van der Waals surface area (Å²) in [4.78, 5) is 11.9. The van der Waals surface area contributed by atoms with Crippen LogP contribution < -0.4 is 10.6 Å². The maximum absolute atomic E-state index is 11.9. The molecule has 0 unspecified atom stereocenters. The molecule has 0 bridgehead atoms. The molecule has 2 aromatic rings. The van der Waals surface area contributed by atoms with E-state index in [1.807, 2.05) is 37.6 Å². The predicted molar refractivity (Wildman–Crippen MR) is 89.3 cm³/mol. The number of hydrogen-bond donors (Lipinski definition) is 2. The second-order valence-corrected chi connectivity index (χ2v) is 6.25. The van der Waals surface area contributed by atoms with Gasteiger partial charge in [-0.2, -0.15) is 5.10 Å². The van der Waals surface area contributed by atoms with Gasteiger partial charge in [0.25, 0.3) is 0 Å². The molecule has 6 heteroatoms. The summed E-state index contributed by atoms with van der Waals surface area (Å²) in [6.45, 7) is 9.49. The van der Waals surface area contributed by atoms with Gasteiger partial charge in [-0.3, -0.25) is 4.68 Å². The molecule has 2 aromatic heterocycles. The molecule has 0 fully saturated rings. The molecular weight excluding hydrogens is 292 g/mol. The van der Waals surface area contributed by atoms with Gasteiger partial charge in [-0.25, -0.2) is 4.79 Å². The number of amides is 2. The van der Waals surface area contributed by atoms with Crippen molar-refractivity contribution in [2.45, 2.75) is 46.7 Å². The fourth-order valence-electron chi connectivity index (χ4n) is 2.54. The van der Waals surface area contributed by atoms with Gasteiger partial charge in [0.15, 0.2) is 0 Å². The molecule has 2 amide bonds. The average molecular weight is 318 g/mol. The zero-order valence-corrected chi connectivity index (χ0v) is 14.3. The van der Waals surface area contributed by atoms with E-state index >= 15 is 0 Å². The van der Waals surface area contributed by atoms with Gasteiger partial charge in [-0.05, 0) is 44.9 Å². The van der Waals surface area contributed by atoms with Gasteiger partial charge in [0.05, 0.1) is 12.0 Å². The van der Waals surface area contributed by atoms with Gasteiger partial charge in [-0.1, -0.05) is 6.92 Å². The fraction of sp³-hybridized carbons (Fsp3) is 0.529. The van der Waals surface area contributed by atoms with Crippen molar-refractivity contribution in [1.82, 2.24) is 20.4 Å². The van der Waals surface area contributed by atoms with Gasteiger partial charge in [0.1, 0.15) is 5.76 Å². The quantitative estimate of drug-likeness (QED) is 0.824. The van der Waals surface area contributed by atoms with E-state index in [9.17, 15) is 4.79 Å². The maximum atomic E-state index is 11.9. The molecule has 0 radical (unpaired) electrons. The highest BCUT2D eigenvalue weighted by Gasteiger charge is 2.12. The van der Waals surface area contributed by atoms with E-state index in [4.69, 9.17) is 4.42 Å². The number of urea groups is 1. The Kier molecular flexibility index (Phi) is 5.84. The molecule has 2 rings (SSSR count). The molecule has 0 aliphatic rings. The van der Waals surface area contributed by atoms with Gasteiger partial charge >= 0.3 is 6.03 Å². The number of aromatic nitrogens is 2. The van der Waals surface area contributed by atoms with Crippen molar-refractivity contribution in [2.75, 3.05) is 6.54 Å². The summed E-state index contributed by atoms with van der Waals surface area (Å²) in [5.41, 5.74) is 2.16. The lowest BCUT2D eigenvalue weighted by atomic mass is 10.2. The topological polar surface area (TPSA) is 72.1 Å². The van der Waals surface area contributed by atoms with Crippen LogP contribution in [0.25, 0.3) is 0 Å². The zero-order valence-electron chi connectivity index (χ0n) is 14.3.